The minimum atomic E-state index is -0.882. The first-order chi connectivity index (χ1) is 9.54. The molecule has 0 aliphatic rings. The summed E-state index contributed by atoms with van der Waals surface area (Å²) in [7, 11) is 1.61. The van der Waals surface area contributed by atoms with E-state index in [1.54, 1.807) is 23.9 Å². The monoisotopic (exact) mass is 426 g/mol. The topological polar surface area (TPSA) is 47.3 Å². The van der Waals surface area contributed by atoms with Crippen LogP contribution in [0.4, 0.5) is 0 Å². The van der Waals surface area contributed by atoms with Crippen LogP contribution in [0.15, 0.2) is 24.4 Å². The van der Waals surface area contributed by atoms with Crippen molar-refractivity contribution in [2.75, 3.05) is 13.7 Å². The number of nitrogens with zero attached hydrogens (tertiary/aromatic N) is 2. The minimum absolute atomic E-state index is 0.421. The Kier molecular flexibility index (Phi) is 5.68. The van der Waals surface area contributed by atoms with Gasteiger partial charge in [0.1, 0.15) is 6.10 Å². The van der Waals surface area contributed by atoms with Crippen LogP contribution in [0.1, 0.15) is 17.4 Å². The third kappa shape index (κ3) is 3.46. The number of benzene rings is 1. The third-order valence-electron chi connectivity index (χ3n) is 2.85. The molecule has 0 amide bonds. The number of halogens is 3. The van der Waals surface area contributed by atoms with Gasteiger partial charge in [-0.2, -0.15) is 5.10 Å². The number of aliphatic hydroxyl groups excluding tert-OH is 1. The summed E-state index contributed by atoms with van der Waals surface area (Å²) in [6.07, 6.45) is 0.639. The number of hydrogen-bond donors (Lipinski definition) is 1. The van der Waals surface area contributed by atoms with Crippen molar-refractivity contribution in [1.82, 2.24) is 9.78 Å². The van der Waals surface area contributed by atoms with Gasteiger partial charge < -0.3 is 9.84 Å². The Balaban J connectivity index is 2.39. The normalized spacial score (nSPS) is 12.7. The highest BCUT2D eigenvalue weighted by atomic mass is 127. The van der Waals surface area contributed by atoms with Gasteiger partial charge in [-0.25, -0.2) is 0 Å². The summed E-state index contributed by atoms with van der Waals surface area (Å²) in [6.45, 7) is 1.01. The van der Waals surface area contributed by atoms with Gasteiger partial charge in [-0.05, 0) is 40.8 Å². The van der Waals surface area contributed by atoms with Crippen LogP contribution >= 0.6 is 45.8 Å². The van der Waals surface area contributed by atoms with E-state index in [0.717, 1.165) is 3.57 Å². The molecular formula is C13H13Cl2IN2O2. The van der Waals surface area contributed by atoms with Crippen molar-refractivity contribution < 1.29 is 9.84 Å². The second-order valence-corrected chi connectivity index (χ2v) is 6.17. The quantitative estimate of drug-likeness (QED) is 0.744. The molecule has 2 aromatic rings. The lowest BCUT2D eigenvalue weighted by Crippen LogP contribution is -2.14. The summed E-state index contributed by atoms with van der Waals surface area (Å²) in [4.78, 5) is 0. The Labute approximate surface area is 140 Å². The number of aromatic nitrogens is 2. The second kappa shape index (κ2) is 7.09. The van der Waals surface area contributed by atoms with Gasteiger partial charge in [0.05, 0.1) is 30.1 Å². The summed E-state index contributed by atoms with van der Waals surface area (Å²) in [5.74, 6) is 0. The first-order valence-electron chi connectivity index (χ1n) is 5.87. The summed E-state index contributed by atoms with van der Waals surface area (Å²) in [5.41, 5.74) is 1.25. The Morgan fingerprint density at radius 3 is 2.90 bits per heavy atom. The molecule has 1 aromatic carbocycles. The zero-order chi connectivity index (χ0) is 14.7. The van der Waals surface area contributed by atoms with Crippen LogP contribution in [0.2, 0.25) is 10.0 Å². The van der Waals surface area contributed by atoms with Gasteiger partial charge in [0.25, 0.3) is 0 Å². The number of rotatable bonds is 5. The molecule has 1 aromatic heterocycles. The predicted octanol–water partition coefficient (Wildman–Crippen LogP) is 3.52. The largest absolute Gasteiger partial charge is 0.383 e. The first-order valence-corrected chi connectivity index (χ1v) is 7.71. The van der Waals surface area contributed by atoms with Crippen molar-refractivity contribution in [3.63, 3.8) is 0 Å². The van der Waals surface area contributed by atoms with Crippen molar-refractivity contribution >= 4 is 45.8 Å². The summed E-state index contributed by atoms with van der Waals surface area (Å²) in [5, 5.41) is 15.7. The van der Waals surface area contributed by atoms with Crippen LogP contribution < -0.4 is 0 Å². The van der Waals surface area contributed by atoms with E-state index in [1.165, 1.54) is 6.20 Å². The van der Waals surface area contributed by atoms with E-state index < -0.39 is 6.10 Å². The Bertz CT molecular complexity index is 604. The van der Waals surface area contributed by atoms with Crippen molar-refractivity contribution in [3.8, 4) is 0 Å². The Hall–Kier alpha value is -0.340. The number of hydrogen-bond acceptors (Lipinski definition) is 3. The molecule has 0 bridgehead atoms. The molecule has 1 atom stereocenters. The summed E-state index contributed by atoms with van der Waals surface area (Å²) >= 11 is 14.3. The maximum atomic E-state index is 10.6. The third-order valence-corrected chi connectivity index (χ3v) is 4.36. The van der Waals surface area contributed by atoms with Crippen LogP contribution in [0.25, 0.3) is 0 Å². The van der Waals surface area contributed by atoms with Gasteiger partial charge in [0.2, 0.25) is 0 Å². The van der Waals surface area contributed by atoms with E-state index in [0.29, 0.717) is 34.5 Å². The smallest absolute Gasteiger partial charge is 0.123 e. The minimum Gasteiger partial charge on any atom is -0.383 e. The maximum Gasteiger partial charge on any atom is 0.123 e. The molecule has 0 aliphatic carbocycles. The summed E-state index contributed by atoms with van der Waals surface area (Å²) in [6, 6.07) is 5.37. The number of methoxy groups -OCH3 is 1. The van der Waals surface area contributed by atoms with E-state index in [4.69, 9.17) is 27.9 Å². The van der Waals surface area contributed by atoms with E-state index in [1.807, 2.05) is 6.07 Å². The molecule has 2 rings (SSSR count). The van der Waals surface area contributed by atoms with Gasteiger partial charge in [0, 0.05) is 21.3 Å². The zero-order valence-corrected chi connectivity index (χ0v) is 14.4. The highest BCUT2D eigenvalue weighted by molar-refractivity contribution is 14.1. The Morgan fingerprint density at radius 2 is 2.20 bits per heavy atom. The van der Waals surface area contributed by atoms with Crippen molar-refractivity contribution in [2.45, 2.75) is 12.6 Å². The average molecular weight is 427 g/mol. The number of aliphatic hydroxyl groups is 1. The highest BCUT2D eigenvalue weighted by Gasteiger charge is 2.22. The van der Waals surface area contributed by atoms with Crippen LogP contribution in [-0.4, -0.2) is 28.6 Å². The molecule has 0 saturated carbocycles. The predicted molar refractivity (Wildman–Crippen MR) is 87.3 cm³/mol. The highest BCUT2D eigenvalue weighted by Crippen LogP contribution is 2.32. The van der Waals surface area contributed by atoms with Gasteiger partial charge >= 0.3 is 0 Å². The molecule has 108 valence electrons. The van der Waals surface area contributed by atoms with E-state index >= 15 is 0 Å². The fourth-order valence-electron chi connectivity index (χ4n) is 1.87. The molecule has 0 aliphatic heterocycles. The van der Waals surface area contributed by atoms with Gasteiger partial charge in [-0.1, -0.05) is 23.2 Å². The van der Waals surface area contributed by atoms with E-state index in [2.05, 4.69) is 27.7 Å². The lowest BCUT2D eigenvalue weighted by Gasteiger charge is -2.16. The van der Waals surface area contributed by atoms with Crippen LogP contribution in [0.3, 0.4) is 0 Å². The lowest BCUT2D eigenvalue weighted by molar-refractivity contribution is 0.171. The lowest BCUT2D eigenvalue weighted by atomic mass is 10.1. The average Bonchev–Trinajstić information content (AvgIpc) is 2.79. The molecular weight excluding hydrogens is 414 g/mol. The molecule has 1 heterocycles. The summed E-state index contributed by atoms with van der Waals surface area (Å²) < 4.78 is 7.59. The molecule has 1 N–H and O–H groups in total. The van der Waals surface area contributed by atoms with Crippen molar-refractivity contribution in [3.05, 3.63) is 49.3 Å². The zero-order valence-electron chi connectivity index (χ0n) is 10.7. The van der Waals surface area contributed by atoms with Crippen molar-refractivity contribution in [1.29, 1.82) is 0 Å². The fraction of sp³-hybridized carbons (Fsp3) is 0.308. The molecule has 0 spiro atoms. The number of ether oxygens (including phenoxy) is 1. The second-order valence-electron chi connectivity index (χ2n) is 4.16. The van der Waals surface area contributed by atoms with E-state index in [9.17, 15) is 5.11 Å². The van der Waals surface area contributed by atoms with Crippen LogP contribution in [0, 0.1) is 3.57 Å². The standard InChI is InChI=1S/C13H13Cl2IN2O2/c1-20-5-4-18-12(10(15)7-17-18)13(19)9-6-8(14)2-3-11(9)16/h2-3,6-7,13,19H,4-5H2,1H3. The van der Waals surface area contributed by atoms with Crippen LogP contribution in [0.5, 0.6) is 0 Å². The van der Waals surface area contributed by atoms with Crippen LogP contribution in [-0.2, 0) is 11.3 Å². The van der Waals surface area contributed by atoms with Gasteiger partial charge in [-0.15, -0.1) is 0 Å². The Morgan fingerprint density at radius 1 is 1.45 bits per heavy atom. The SMILES string of the molecule is COCCn1ncc(Cl)c1C(O)c1cc(Cl)ccc1I. The molecule has 1 unspecified atom stereocenters. The fourth-order valence-corrected chi connectivity index (χ4v) is 2.93. The molecule has 20 heavy (non-hydrogen) atoms. The maximum absolute atomic E-state index is 10.6. The van der Waals surface area contributed by atoms with Gasteiger partial charge in [0.15, 0.2) is 0 Å². The molecule has 0 radical (unpaired) electrons. The molecule has 4 nitrogen and oxygen atoms in total. The molecule has 0 saturated heterocycles. The molecule has 0 fully saturated rings. The van der Waals surface area contributed by atoms with Gasteiger partial charge in [-0.3, -0.25) is 4.68 Å². The first kappa shape index (κ1) is 16.0. The van der Waals surface area contributed by atoms with Crippen molar-refractivity contribution in [2.24, 2.45) is 0 Å². The van der Waals surface area contributed by atoms with E-state index in [-0.39, 0.29) is 0 Å². The molecule has 7 heteroatoms.